The minimum absolute atomic E-state index is 1.06. The SMILES string of the molecule is CCCCc1nc(-c2ccccc2)cc(-c2ccccc2)c1CCC. The molecule has 0 radical (unpaired) electrons. The molecule has 0 aliphatic carbocycles. The van der Waals surface area contributed by atoms with Crippen LogP contribution in [0.2, 0.25) is 0 Å². The first kappa shape index (κ1) is 17.4. The van der Waals surface area contributed by atoms with Crippen LogP contribution in [0.5, 0.6) is 0 Å². The van der Waals surface area contributed by atoms with Crippen molar-refractivity contribution in [2.24, 2.45) is 0 Å². The molecule has 0 atom stereocenters. The van der Waals surface area contributed by atoms with Crippen LogP contribution in [-0.2, 0) is 12.8 Å². The lowest BCUT2D eigenvalue weighted by atomic mass is 9.92. The number of unbranched alkanes of at least 4 members (excludes halogenated alkanes) is 1. The molecule has 0 amide bonds. The highest BCUT2D eigenvalue weighted by atomic mass is 14.7. The topological polar surface area (TPSA) is 12.9 Å². The number of benzene rings is 2. The highest BCUT2D eigenvalue weighted by Gasteiger charge is 2.14. The van der Waals surface area contributed by atoms with Gasteiger partial charge in [-0.2, -0.15) is 0 Å². The number of hydrogen-bond donors (Lipinski definition) is 0. The molecule has 0 N–H and O–H groups in total. The molecule has 1 nitrogen and oxygen atoms in total. The van der Waals surface area contributed by atoms with Crippen LogP contribution in [0.3, 0.4) is 0 Å². The second kappa shape index (κ2) is 8.62. The minimum atomic E-state index is 1.06. The summed E-state index contributed by atoms with van der Waals surface area (Å²) in [6.07, 6.45) is 5.68. The summed E-state index contributed by atoms with van der Waals surface area (Å²) in [6, 6.07) is 23.6. The molecule has 0 spiro atoms. The average molecular weight is 329 g/mol. The Kier molecular flexibility index (Phi) is 6.00. The fourth-order valence-electron chi connectivity index (χ4n) is 3.34. The van der Waals surface area contributed by atoms with Gasteiger partial charge < -0.3 is 0 Å². The van der Waals surface area contributed by atoms with Gasteiger partial charge in [-0.25, -0.2) is 0 Å². The first-order chi connectivity index (χ1) is 12.3. The van der Waals surface area contributed by atoms with Gasteiger partial charge in [-0.05, 0) is 42.0 Å². The van der Waals surface area contributed by atoms with E-state index in [4.69, 9.17) is 4.98 Å². The van der Waals surface area contributed by atoms with Crippen molar-refractivity contribution in [1.82, 2.24) is 4.98 Å². The maximum absolute atomic E-state index is 5.09. The second-order valence-electron chi connectivity index (χ2n) is 6.57. The number of hydrogen-bond acceptors (Lipinski definition) is 1. The lowest BCUT2D eigenvalue weighted by Crippen LogP contribution is -2.03. The first-order valence-corrected chi connectivity index (χ1v) is 9.47. The van der Waals surface area contributed by atoms with Crippen LogP contribution < -0.4 is 0 Å². The standard InChI is InChI=1S/C24H27N/c1-3-5-17-23-21(12-4-2)22(19-13-8-6-9-14-19)18-24(25-23)20-15-10-7-11-16-20/h6-11,13-16,18H,3-5,12,17H2,1-2H3. The van der Waals surface area contributed by atoms with Crippen LogP contribution in [0.25, 0.3) is 22.4 Å². The van der Waals surface area contributed by atoms with Crippen molar-refractivity contribution in [3.8, 4) is 22.4 Å². The Morgan fingerprint density at radius 2 is 1.36 bits per heavy atom. The van der Waals surface area contributed by atoms with Gasteiger partial charge in [-0.15, -0.1) is 0 Å². The molecule has 128 valence electrons. The van der Waals surface area contributed by atoms with Crippen molar-refractivity contribution < 1.29 is 0 Å². The second-order valence-corrected chi connectivity index (χ2v) is 6.57. The van der Waals surface area contributed by atoms with Gasteiger partial charge in [0.25, 0.3) is 0 Å². The van der Waals surface area contributed by atoms with E-state index in [0.29, 0.717) is 0 Å². The molecule has 1 heteroatoms. The summed E-state index contributed by atoms with van der Waals surface area (Å²) in [5, 5.41) is 0. The third-order valence-electron chi connectivity index (χ3n) is 4.63. The molecular formula is C24H27N. The molecule has 0 saturated carbocycles. The zero-order chi connectivity index (χ0) is 17.5. The Hall–Kier alpha value is -2.41. The molecular weight excluding hydrogens is 302 g/mol. The van der Waals surface area contributed by atoms with Gasteiger partial charge in [0.2, 0.25) is 0 Å². The van der Waals surface area contributed by atoms with Crippen LogP contribution in [-0.4, -0.2) is 4.98 Å². The highest BCUT2D eigenvalue weighted by Crippen LogP contribution is 2.32. The van der Waals surface area contributed by atoms with Crippen LogP contribution in [0.1, 0.15) is 44.4 Å². The van der Waals surface area contributed by atoms with Gasteiger partial charge in [-0.1, -0.05) is 87.4 Å². The van der Waals surface area contributed by atoms with E-state index < -0.39 is 0 Å². The highest BCUT2D eigenvalue weighted by molar-refractivity contribution is 5.74. The number of nitrogens with zero attached hydrogens (tertiary/aromatic N) is 1. The molecule has 1 aromatic heterocycles. The fraction of sp³-hybridized carbons (Fsp3) is 0.292. The molecule has 0 fully saturated rings. The van der Waals surface area contributed by atoms with Crippen molar-refractivity contribution in [2.45, 2.75) is 46.0 Å². The Bertz CT molecular complexity index is 791. The number of rotatable bonds is 7. The van der Waals surface area contributed by atoms with E-state index in [1.165, 1.54) is 40.8 Å². The zero-order valence-corrected chi connectivity index (χ0v) is 15.3. The Balaban J connectivity index is 2.18. The summed E-state index contributed by atoms with van der Waals surface area (Å²) in [7, 11) is 0. The fourth-order valence-corrected chi connectivity index (χ4v) is 3.34. The average Bonchev–Trinajstić information content (AvgIpc) is 2.68. The van der Waals surface area contributed by atoms with Crippen molar-refractivity contribution in [3.05, 3.63) is 78.0 Å². The molecule has 1 heterocycles. The molecule has 0 aliphatic heterocycles. The molecule has 3 rings (SSSR count). The van der Waals surface area contributed by atoms with E-state index in [-0.39, 0.29) is 0 Å². The van der Waals surface area contributed by atoms with Gasteiger partial charge in [-0.3, -0.25) is 4.98 Å². The van der Waals surface area contributed by atoms with E-state index in [2.05, 4.69) is 80.6 Å². The predicted molar refractivity (Wildman–Crippen MR) is 108 cm³/mol. The van der Waals surface area contributed by atoms with Crippen molar-refractivity contribution in [1.29, 1.82) is 0 Å². The van der Waals surface area contributed by atoms with Gasteiger partial charge in [0, 0.05) is 11.3 Å². The van der Waals surface area contributed by atoms with E-state index in [1.807, 2.05) is 0 Å². The summed E-state index contributed by atoms with van der Waals surface area (Å²) in [5.41, 5.74) is 7.64. The van der Waals surface area contributed by atoms with Gasteiger partial charge >= 0.3 is 0 Å². The predicted octanol–water partition coefficient (Wildman–Crippen LogP) is 6.71. The molecule has 3 aromatic rings. The van der Waals surface area contributed by atoms with Crippen molar-refractivity contribution in [2.75, 3.05) is 0 Å². The van der Waals surface area contributed by atoms with Crippen molar-refractivity contribution >= 4 is 0 Å². The Labute approximate surface area is 151 Å². The molecule has 0 unspecified atom stereocenters. The molecule has 0 saturated heterocycles. The van der Waals surface area contributed by atoms with Crippen LogP contribution in [0, 0.1) is 0 Å². The van der Waals surface area contributed by atoms with Gasteiger partial charge in [0.05, 0.1) is 5.69 Å². The van der Waals surface area contributed by atoms with Gasteiger partial charge in [0.1, 0.15) is 0 Å². The maximum atomic E-state index is 5.09. The van der Waals surface area contributed by atoms with E-state index in [0.717, 1.165) is 25.0 Å². The van der Waals surface area contributed by atoms with E-state index >= 15 is 0 Å². The smallest absolute Gasteiger partial charge is 0.0711 e. The first-order valence-electron chi connectivity index (χ1n) is 9.47. The lowest BCUT2D eigenvalue weighted by Gasteiger charge is -2.17. The molecule has 0 bridgehead atoms. The third-order valence-corrected chi connectivity index (χ3v) is 4.63. The van der Waals surface area contributed by atoms with Crippen LogP contribution >= 0.6 is 0 Å². The lowest BCUT2D eigenvalue weighted by molar-refractivity contribution is 0.760. The number of aryl methyl sites for hydroxylation is 1. The summed E-state index contributed by atoms with van der Waals surface area (Å²) >= 11 is 0. The molecule has 25 heavy (non-hydrogen) atoms. The summed E-state index contributed by atoms with van der Waals surface area (Å²) in [4.78, 5) is 5.09. The monoisotopic (exact) mass is 329 g/mol. The largest absolute Gasteiger partial charge is 0.253 e. The van der Waals surface area contributed by atoms with Crippen LogP contribution in [0.15, 0.2) is 66.7 Å². The summed E-state index contributed by atoms with van der Waals surface area (Å²) < 4.78 is 0. The summed E-state index contributed by atoms with van der Waals surface area (Å²) in [5.74, 6) is 0. The molecule has 2 aromatic carbocycles. The Morgan fingerprint density at radius 3 is 1.96 bits per heavy atom. The summed E-state index contributed by atoms with van der Waals surface area (Å²) in [6.45, 7) is 4.50. The Morgan fingerprint density at radius 1 is 0.720 bits per heavy atom. The van der Waals surface area contributed by atoms with Crippen molar-refractivity contribution in [3.63, 3.8) is 0 Å². The van der Waals surface area contributed by atoms with E-state index in [9.17, 15) is 0 Å². The number of aromatic nitrogens is 1. The quantitative estimate of drug-likeness (QED) is 0.469. The van der Waals surface area contributed by atoms with Crippen LogP contribution in [0.4, 0.5) is 0 Å². The third kappa shape index (κ3) is 4.17. The van der Waals surface area contributed by atoms with Gasteiger partial charge in [0.15, 0.2) is 0 Å². The minimum Gasteiger partial charge on any atom is -0.253 e. The normalized spacial score (nSPS) is 10.8. The number of pyridine rings is 1. The maximum Gasteiger partial charge on any atom is 0.0711 e. The van der Waals surface area contributed by atoms with E-state index in [1.54, 1.807) is 0 Å². The molecule has 0 aliphatic rings. The zero-order valence-electron chi connectivity index (χ0n) is 15.3.